The monoisotopic (exact) mass is 647 g/mol. The fourth-order valence-electron chi connectivity index (χ4n) is 4.79. The number of anilines is 1. The number of amides is 1. The zero-order chi connectivity index (χ0) is 32.6. The molecule has 1 N–H and O–H groups in total. The average Bonchev–Trinajstić information content (AvgIpc) is 3.05. The summed E-state index contributed by atoms with van der Waals surface area (Å²) in [5.74, 6) is -0.363. The summed E-state index contributed by atoms with van der Waals surface area (Å²) >= 11 is 1.55. The molecular weight excluding hydrogens is 615 g/mol. The van der Waals surface area contributed by atoms with Crippen molar-refractivity contribution in [2.45, 2.75) is 30.8 Å². The Kier molecular flexibility index (Phi) is 11.0. The fraction of sp³-hybridized carbons (Fsp3) is 0.212. The predicted octanol–water partition coefficient (Wildman–Crippen LogP) is 5.99. The topological polar surface area (TPSA) is 136 Å². The van der Waals surface area contributed by atoms with Gasteiger partial charge in [-0.15, -0.1) is 0 Å². The lowest BCUT2D eigenvalue weighted by Gasteiger charge is -2.25. The summed E-state index contributed by atoms with van der Waals surface area (Å²) < 4.78 is 34.0. The molecule has 1 atom stereocenters. The zero-order valence-corrected chi connectivity index (χ0v) is 26.6. The van der Waals surface area contributed by atoms with Gasteiger partial charge >= 0.3 is 5.97 Å². The molecule has 0 radical (unpaired) electrons. The van der Waals surface area contributed by atoms with E-state index in [1.807, 2.05) is 37.4 Å². The Morgan fingerprint density at radius 3 is 2.24 bits per heavy atom. The van der Waals surface area contributed by atoms with E-state index in [9.17, 15) is 28.1 Å². The first-order valence-corrected chi connectivity index (χ1v) is 16.8. The molecular formula is C33H33N3O7S2. The van der Waals surface area contributed by atoms with Crippen LogP contribution in [0.2, 0.25) is 0 Å². The number of carbonyl (C=O) groups is 2. The summed E-state index contributed by atoms with van der Waals surface area (Å²) in [6.45, 7) is 1.82. The van der Waals surface area contributed by atoms with Gasteiger partial charge in [0.25, 0.3) is 21.6 Å². The number of benzene rings is 4. The van der Waals surface area contributed by atoms with Crippen LogP contribution >= 0.6 is 11.8 Å². The summed E-state index contributed by atoms with van der Waals surface area (Å²) in [6, 6.07) is 25.0. The predicted molar refractivity (Wildman–Crippen MR) is 176 cm³/mol. The largest absolute Gasteiger partial charge is 0.467 e. The van der Waals surface area contributed by atoms with Crippen molar-refractivity contribution in [1.82, 2.24) is 5.32 Å². The second kappa shape index (κ2) is 14.9. The van der Waals surface area contributed by atoms with Gasteiger partial charge < -0.3 is 10.1 Å². The molecule has 1 amide bonds. The van der Waals surface area contributed by atoms with Crippen molar-refractivity contribution in [3.63, 3.8) is 0 Å². The average molecular weight is 648 g/mol. The van der Waals surface area contributed by atoms with Gasteiger partial charge in [0, 0.05) is 17.7 Å². The van der Waals surface area contributed by atoms with Crippen molar-refractivity contribution in [2.24, 2.45) is 0 Å². The summed E-state index contributed by atoms with van der Waals surface area (Å²) in [7, 11) is -2.89. The maximum Gasteiger partial charge on any atom is 0.328 e. The molecule has 4 rings (SSSR count). The highest BCUT2D eigenvalue weighted by Crippen LogP contribution is 2.31. The van der Waals surface area contributed by atoms with Crippen LogP contribution in [0.25, 0.3) is 11.1 Å². The molecule has 0 unspecified atom stereocenters. The van der Waals surface area contributed by atoms with Crippen LogP contribution in [0.1, 0.15) is 27.9 Å². The van der Waals surface area contributed by atoms with Gasteiger partial charge in [0.1, 0.15) is 6.04 Å². The van der Waals surface area contributed by atoms with Crippen LogP contribution in [0, 0.1) is 17.0 Å². The first-order chi connectivity index (χ1) is 21.6. The van der Waals surface area contributed by atoms with Crippen LogP contribution in [-0.4, -0.2) is 50.4 Å². The van der Waals surface area contributed by atoms with Crippen LogP contribution < -0.4 is 9.62 Å². The van der Waals surface area contributed by atoms with Gasteiger partial charge in [-0.3, -0.25) is 19.2 Å². The molecule has 0 heterocycles. The van der Waals surface area contributed by atoms with Gasteiger partial charge in [-0.25, -0.2) is 13.2 Å². The van der Waals surface area contributed by atoms with E-state index in [0.717, 1.165) is 23.3 Å². The molecule has 45 heavy (non-hydrogen) atoms. The number of nitro groups is 1. The number of rotatable bonds is 13. The molecule has 0 spiro atoms. The molecule has 234 valence electrons. The highest BCUT2D eigenvalue weighted by Gasteiger charge is 2.28. The molecule has 12 heteroatoms. The van der Waals surface area contributed by atoms with E-state index in [1.165, 1.54) is 23.5 Å². The number of thioether (sulfide) groups is 1. The molecule has 4 aromatic rings. The minimum Gasteiger partial charge on any atom is -0.467 e. The first-order valence-electron chi connectivity index (χ1n) is 14.0. The smallest absolute Gasteiger partial charge is 0.328 e. The standard InChI is InChI=1S/C33H33N3O7S2/c1-23-9-7-8-12-28(23)30-21-24(13-18-29(30)32(37)34-31(19-20-44-3)33(38)43-2)22-35(25-10-5-4-6-11-25)45(41,42)27-16-14-26(15-17-27)36(39)40/h4-18,21,31H,19-20,22H2,1-3H3,(H,34,37)/t31-/m0/s1. The van der Waals surface area contributed by atoms with E-state index in [-0.39, 0.29) is 17.1 Å². The van der Waals surface area contributed by atoms with E-state index in [2.05, 4.69) is 5.32 Å². The Morgan fingerprint density at radius 1 is 0.956 bits per heavy atom. The maximum absolute atomic E-state index is 13.9. The number of nitrogens with one attached hydrogen (secondary N) is 1. The second-order valence-corrected chi connectivity index (χ2v) is 13.0. The number of ether oxygens (including phenoxy) is 1. The number of hydrogen-bond acceptors (Lipinski definition) is 8. The number of methoxy groups -OCH3 is 1. The summed E-state index contributed by atoms with van der Waals surface area (Å²) in [5, 5.41) is 14.0. The molecule has 4 aromatic carbocycles. The number of sulfonamides is 1. The van der Waals surface area contributed by atoms with Gasteiger partial charge in [0.2, 0.25) is 0 Å². The SMILES string of the molecule is COC(=O)[C@H](CCSC)NC(=O)c1ccc(CN(c2ccccc2)S(=O)(=O)c2ccc([N+](=O)[O-])cc2)cc1-c1ccccc1C. The molecule has 0 fully saturated rings. The molecule has 0 aliphatic rings. The number of nitrogens with zero attached hydrogens (tertiary/aromatic N) is 2. The van der Waals surface area contributed by atoms with Gasteiger partial charge in [-0.1, -0.05) is 48.5 Å². The summed E-state index contributed by atoms with van der Waals surface area (Å²) in [6.07, 6.45) is 2.30. The van der Waals surface area contributed by atoms with Crippen molar-refractivity contribution >= 4 is 45.0 Å². The number of para-hydroxylation sites is 1. The molecule has 0 bridgehead atoms. The van der Waals surface area contributed by atoms with Crippen LogP contribution in [0.3, 0.4) is 0 Å². The Bertz CT molecular complexity index is 1780. The fourth-order valence-corrected chi connectivity index (χ4v) is 6.71. The number of esters is 1. The number of hydrogen-bond donors (Lipinski definition) is 1. The van der Waals surface area contributed by atoms with Crippen molar-refractivity contribution in [2.75, 3.05) is 23.4 Å². The normalized spacial score (nSPS) is 11.8. The lowest BCUT2D eigenvalue weighted by molar-refractivity contribution is -0.384. The number of nitro benzene ring substituents is 1. The Labute approximate surface area is 266 Å². The van der Waals surface area contributed by atoms with Gasteiger partial charge in [-0.2, -0.15) is 11.8 Å². The Morgan fingerprint density at radius 2 is 1.62 bits per heavy atom. The minimum absolute atomic E-state index is 0.0946. The highest BCUT2D eigenvalue weighted by molar-refractivity contribution is 7.98. The third-order valence-electron chi connectivity index (χ3n) is 7.17. The number of non-ortho nitro benzene ring substituents is 1. The first kappa shape index (κ1) is 33.2. The van der Waals surface area contributed by atoms with Crippen molar-refractivity contribution in [3.8, 4) is 11.1 Å². The summed E-state index contributed by atoms with van der Waals surface area (Å²) in [5.41, 5.74) is 3.31. The number of aryl methyl sites for hydroxylation is 1. The molecule has 0 saturated carbocycles. The molecule has 0 aliphatic carbocycles. The van der Waals surface area contributed by atoms with Crippen LogP contribution in [-0.2, 0) is 26.1 Å². The van der Waals surface area contributed by atoms with E-state index in [1.54, 1.807) is 60.3 Å². The Balaban J connectivity index is 1.78. The van der Waals surface area contributed by atoms with Crippen molar-refractivity contribution in [1.29, 1.82) is 0 Å². The van der Waals surface area contributed by atoms with Gasteiger partial charge in [0.15, 0.2) is 0 Å². The van der Waals surface area contributed by atoms with Crippen molar-refractivity contribution in [3.05, 3.63) is 124 Å². The van der Waals surface area contributed by atoms with E-state index >= 15 is 0 Å². The van der Waals surface area contributed by atoms with Crippen LogP contribution in [0.4, 0.5) is 11.4 Å². The van der Waals surface area contributed by atoms with E-state index < -0.39 is 32.9 Å². The highest BCUT2D eigenvalue weighted by atomic mass is 32.2. The molecule has 10 nitrogen and oxygen atoms in total. The quantitative estimate of drug-likeness (QED) is 0.106. The summed E-state index contributed by atoms with van der Waals surface area (Å²) in [4.78, 5) is 36.5. The van der Waals surface area contributed by atoms with Crippen molar-refractivity contribution < 1.29 is 27.7 Å². The maximum atomic E-state index is 13.9. The van der Waals surface area contributed by atoms with Gasteiger partial charge in [-0.05, 0) is 84.0 Å². The second-order valence-electron chi connectivity index (χ2n) is 10.1. The van der Waals surface area contributed by atoms with E-state index in [4.69, 9.17) is 4.74 Å². The molecule has 0 aromatic heterocycles. The third-order valence-corrected chi connectivity index (χ3v) is 9.60. The van der Waals surface area contributed by atoms with Crippen LogP contribution in [0.15, 0.2) is 102 Å². The molecule has 0 saturated heterocycles. The van der Waals surface area contributed by atoms with Gasteiger partial charge in [0.05, 0.1) is 29.2 Å². The number of carbonyl (C=O) groups excluding carboxylic acids is 2. The van der Waals surface area contributed by atoms with Crippen LogP contribution in [0.5, 0.6) is 0 Å². The molecule has 0 aliphatic heterocycles. The third kappa shape index (κ3) is 7.89. The Hall–Kier alpha value is -4.68. The lowest BCUT2D eigenvalue weighted by Crippen LogP contribution is -2.42. The lowest BCUT2D eigenvalue weighted by atomic mass is 9.93. The van der Waals surface area contributed by atoms with E-state index in [0.29, 0.717) is 34.6 Å². The minimum atomic E-state index is -4.17. The zero-order valence-electron chi connectivity index (χ0n) is 25.0.